The Morgan fingerprint density at radius 3 is 2.74 bits per heavy atom. The predicted octanol–water partition coefficient (Wildman–Crippen LogP) is 1.07. The zero-order chi connectivity index (χ0) is 16.2. The van der Waals surface area contributed by atoms with E-state index in [9.17, 15) is 14.4 Å². The van der Waals surface area contributed by atoms with E-state index in [4.69, 9.17) is 0 Å². The first-order valence-corrected chi connectivity index (χ1v) is 7.88. The lowest BCUT2D eigenvalue weighted by atomic mass is 9.85. The van der Waals surface area contributed by atoms with Gasteiger partial charge in [-0.15, -0.1) is 0 Å². The van der Waals surface area contributed by atoms with E-state index in [1.165, 1.54) is 6.42 Å². The van der Waals surface area contributed by atoms with Crippen molar-refractivity contribution in [2.75, 3.05) is 29.9 Å². The molecule has 0 radical (unpaired) electrons. The second kappa shape index (κ2) is 6.68. The minimum Gasteiger partial charge on any atom is -0.348 e. The lowest BCUT2D eigenvalue weighted by molar-refractivity contribution is -0.136. The number of carbonyl (C=O) groups is 3. The van der Waals surface area contributed by atoms with Crippen LogP contribution in [0.2, 0.25) is 0 Å². The summed E-state index contributed by atoms with van der Waals surface area (Å²) in [5.74, 6) is -0.808. The number of amides is 4. The summed E-state index contributed by atoms with van der Waals surface area (Å²) < 4.78 is 0. The van der Waals surface area contributed by atoms with Crippen LogP contribution in [-0.4, -0.2) is 37.5 Å². The van der Waals surface area contributed by atoms with E-state index in [1.54, 1.807) is 29.2 Å². The molecular formula is C16H20N4O3. The van der Waals surface area contributed by atoms with E-state index in [-0.39, 0.29) is 6.03 Å². The van der Waals surface area contributed by atoms with Gasteiger partial charge >= 0.3 is 17.8 Å². The Kier molecular flexibility index (Phi) is 4.45. The number of urea groups is 1. The second-order valence-corrected chi connectivity index (χ2v) is 5.89. The van der Waals surface area contributed by atoms with E-state index in [1.807, 2.05) is 0 Å². The highest BCUT2D eigenvalue weighted by Gasteiger charge is 2.22. The van der Waals surface area contributed by atoms with Gasteiger partial charge in [0, 0.05) is 31.0 Å². The summed E-state index contributed by atoms with van der Waals surface area (Å²) in [6.45, 7) is 1.73. The van der Waals surface area contributed by atoms with Crippen molar-refractivity contribution in [3.05, 3.63) is 24.3 Å². The molecule has 23 heavy (non-hydrogen) atoms. The third kappa shape index (κ3) is 3.61. The van der Waals surface area contributed by atoms with E-state index in [0.717, 1.165) is 12.8 Å². The van der Waals surface area contributed by atoms with Crippen LogP contribution in [0.4, 0.5) is 16.2 Å². The van der Waals surface area contributed by atoms with Gasteiger partial charge in [0.2, 0.25) is 0 Å². The minimum absolute atomic E-state index is 0.160. The maximum atomic E-state index is 11.9. The number of rotatable bonds is 4. The van der Waals surface area contributed by atoms with Gasteiger partial charge in [0.15, 0.2) is 0 Å². The average Bonchev–Trinajstić information content (AvgIpc) is 2.92. The average molecular weight is 316 g/mol. The predicted molar refractivity (Wildman–Crippen MR) is 86.2 cm³/mol. The van der Waals surface area contributed by atoms with Crippen LogP contribution < -0.4 is 20.9 Å². The Hall–Kier alpha value is -2.57. The number of benzene rings is 1. The summed E-state index contributed by atoms with van der Waals surface area (Å²) in [5, 5.41) is 7.95. The number of carbonyl (C=O) groups excluding carboxylic acids is 3. The van der Waals surface area contributed by atoms with Crippen LogP contribution in [0.15, 0.2) is 24.3 Å². The third-order valence-corrected chi connectivity index (χ3v) is 4.25. The summed E-state index contributed by atoms with van der Waals surface area (Å²) in [5.41, 5.74) is 1.18. The summed E-state index contributed by atoms with van der Waals surface area (Å²) in [6.07, 6.45) is 3.42. The molecule has 0 aromatic heterocycles. The van der Waals surface area contributed by atoms with Crippen LogP contribution in [0.25, 0.3) is 0 Å². The van der Waals surface area contributed by atoms with E-state index >= 15 is 0 Å². The highest BCUT2D eigenvalue weighted by molar-refractivity contribution is 6.39. The molecule has 0 unspecified atom stereocenters. The first-order valence-electron chi connectivity index (χ1n) is 7.88. The topological polar surface area (TPSA) is 90.5 Å². The summed E-state index contributed by atoms with van der Waals surface area (Å²) in [4.78, 5) is 37.0. The molecule has 0 spiro atoms. The minimum atomic E-state index is -0.688. The first kappa shape index (κ1) is 15.3. The Labute approximate surface area is 134 Å². The van der Waals surface area contributed by atoms with Crippen molar-refractivity contribution >= 4 is 29.2 Å². The van der Waals surface area contributed by atoms with Crippen LogP contribution in [-0.2, 0) is 9.59 Å². The van der Waals surface area contributed by atoms with Gasteiger partial charge in [-0.25, -0.2) is 4.79 Å². The van der Waals surface area contributed by atoms with E-state index < -0.39 is 11.8 Å². The number of hydrogen-bond donors (Lipinski definition) is 3. The normalized spacial score (nSPS) is 17.4. The molecule has 0 bridgehead atoms. The highest BCUT2D eigenvalue weighted by atomic mass is 16.2. The van der Waals surface area contributed by atoms with Crippen LogP contribution in [0.1, 0.15) is 19.3 Å². The molecule has 1 saturated heterocycles. The van der Waals surface area contributed by atoms with Gasteiger partial charge in [-0.05, 0) is 37.0 Å². The van der Waals surface area contributed by atoms with Gasteiger partial charge < -0.3 is 16.0 Å². The molecule has 1 aliphatic heterocycles. The molecule has 0 atom stereocenters. The molecule has 3 rings (SSSR count). The molecule has 2 fully saturated rings. The summed E-state index contributed by atoms with van der Waals surface area (Å²) >= 11 is 0. The Morgan fingerprint density at radius 1 is 1.26 bits per heavy atom. The van der Waals surface area contributed by atoms with Gasteiger partial charge in [-0.1, -0.05) is 12.5 Å². The molecule has 122 valence electrons. The Bertz CT molecular complexity index is 628. The molecule has 1 saturated carbocycles. The van der Waals surface area contributed by atoms with Crippen molar-refractivity contribution in [3.8, 4) is 0 Å². The van der Waals surface area contributed by atoms with Gasteiger partial charge in [0.25, 0.3) is 0 Å². The second-order valence-electron chi connectivity index (χ2n) is 5.89. The van der Waals surface area contributed by atoms with Gasteiger partial charge in [0.05, 0.1) is 0 Å². The molecule has 7 heteroatoms. The van der Waals surface area contributed by atoms with Crippen molar-refractivity contribution in [2.24, 2.45) is 5.92 Å². The van der Waals surface area contributed by atoms with Crippen molar-refractivity contribution in [1.82, 2.24) is 10.6 Å². The lowest BCUT2D eigenvalue weighted by Gasteiger charge is -2.25. The van der Waals surface area contributed by atoms with Crippen LogP contribution in [0.3, 0.4) is 0 Å². The van der Waals surface area contributed by atoms with Crippen molar-refractivity contribution in [3.63, 3.8) is 0 Å². The van der Waals surface area contributed by atoms with Crippen LogP contribution in [0.5, 0.6) is 0 Å². The van der Waals surface area contributed by atoms with Crippen molar-refractivity contribution in [1.29, 1.82) is 0 Å². The lowest BCUT2D eigenvalue weighted by Crippen LogP contribution is -2.39. The quantitative estimate of drug-likeness (QED) is 0.726. The SMILES string of the molecule is O=C(NCC1CCC1)C(=O)Nc1cccc(N2CCNC2=O)c1. The summed E-state index contributed by atoms with van der Waals surface area (Å²) in [6, 6.07) is 6.74. The molecule has 4 amide bonds. The highest BCUT2D eigenvalue weighted by Crippen LogP contribution is 2.25. The van der Waals surface area contributed by atoms with Crippen LogP contribution >= 0.6 is 0 Å². The zero-order valence-electron chi connectivity index (χ0n) is 12.8. The molecule has 2 aliphatic rings. The maximum Gasteiger partial charge on any atom is 0.321 e. The number of anilines is 2. The fraction of sp³-hybridized carbons (Fsp3) is 0.438. The van der Waals surface area contributed by atoms with Gasteiger partial charge in [-0.2, -0.15) is 0 Å². The van der Waals surface area contributed by atoms with E-state index in [2.05, 4.69) is 16.0 Å². The molecular weight excluding hydrogens is 296 g/mol. The Balaban J connectivity index is 1.57. The monoisotopic (exact) mass is 316 g/mol. The first-order chi connectivity index (χ1) is 11.1. The Morgan fingerprint density at radius 2 is 2.09 bits per heavy atom. The molecule has 1 aromatic carbocycles. The number of nitrogens with zero attached hydrogens (tertiary/aromatic N) is 1. The van der Waals surface area contributed by atoms with Crippen molar-refractivity contribution < 1.29 is 14.4 Å². The van der Waals surface area contributed by atoms with Crippen molar-refractivity contribution in [2.45, 2.75) is 19.3 Å². The largest absolute Gasteiger partial charge is 0.348 e. The van der Waals surface area contributed by atoms with Gasteiger partial charge in [0.1, 0.15) is 0 Å². The third-order valence-electron chi connectivity index (χ3n) is 4.25. The number of nitrogens with one attached hydrogen (secondary N) is 3. The molecule has 1 aromatic rings. The molecule has 3 N–H and O–H groups in total. The fourth-order valence-electron chi connectivity index (χ4n) is 2.67. The molecule has 1 aliphatic carbocycles. The van der Waals surface area contributed by atoms with Gasteiger partial charge in [-0.3, -0.25) is 14.5 Å². The molecule has 1 heterocycles. The summed E-state index contributed by atoms with van der Waals surface area (Å²) in [7, 11) is 0. The molecule has 7 nitrogen and oxygen atoms in total. The fourth-order valence-corrected chi connectivity index (χ4v) is 2.67. The smallest absolute Gasteiger partial charge is 0.321 e. The maximum absolute atomic E-state index is 11.9. The zero-order valence-corrected chi connectivity index (χ0v) is 12.8. The van der Waals surface area contributed by atoms with E-state index in [0.29, 0.717) is 36.9 Å². The van der Waals surface area contributed by atoms with Crippen LogP contribution in [0, 0.1) is 5.92 Å². The standard InChI is InChI=1S/C16H20N4O3/c21-14(18-10-11-3-1-4-11)15(22)19-12-5-2-6-13(9-12)20-8-7-17-16(20)23/h2,5-6,9,11H,1,3-4,7-8,10H2,(H,17,23)(H,18,21)(H,19,22). The number of hydrogen-bond acceptors (Lipinski definition) is 3.